The molecule has 0 atom stereocenters. The number of thiophene rings is 1. The minimum Gasteiger partial charge on any atom is -0.319 e. The van der Waals surface area contributed by atoms with Gasteiger partial charge in [0.25, 0.3) is 10.0 Å². The first kappa shape index (κ1) is 15.9. The standard InChI is InChI=1S/C14H24N2O2S2/c1-11(2)10-16(12-4-5-12)20(17,18)14-7-6-13(19-14)8-9-15-3/h6-7,11-12,15H,4-5,8-10H2,1-3H3. The van der Waals surface area contributed by atoms with Crippen molar-refractivity contribution in [2.45, 2.75) is 43.4 Å². The first-order valence-corrected chi connectivity index (χ1v) is 9.46. The van der Waals surface area contributed by atoms with Crippen molar-refractivity contribution in [3.05, 3.63) is 17.0 Å². The number of nitrogens with zero attached hydrogens (tertiary/aromatic N) is 1. The molecule has 0 unspecified atom stereocenters. The molecule has 0 bridgehead atoms. The van der Waals surface area contributed by atoms with Crippen LogP contribution in [-0.4, -0.2) is 38.9 Å². The average molecular weight is 316 g/mol. The van der Waals surface area contributed by atoms with E-state index in [0.717, 1.165) is 30.7 Å². The zero-order chi connectivity index (χ0) is 14.8. The molecule has 1 aromatic heterocycles. The Bertz CT molecular complexity index is 533. The second kappa shape index (κ2) is 6.56. The normalized spacial score (nSPS) is 16.2. The van der Waals surface area contributed by atoms with Gasteiger partial charge in [0.15, 0.2) is 0 Å². The molecule has 0 saturated heterocycles. The fourth-order valence-corrected chi connectivity index (χ4v) is 5.49. The summed E-state index contributed by atoms with van der Waals surface area (Å²) in [4.78, 5) is 1.12. The summed E-state index contributed by atoms with van der Waals surface area (Å²) in [6.45, 7) is 5.63. The molecule has 1 N–H and O–H groups in total. The summed E-state index contributed by atoms with van der Waals surface area (Å²) in [6.07, 6.45) is 2.89. The van der Waals surface area contributed by atoms with E-state index >= 15 is 0 Å². The highest BCUT2D eigenvalue weighted by Crippen LogP contribution is 2.34. The van der Waals surface area contributed by atoms with Crippen LogP contribution in [0, 0.1) is 5.92 Å². The fraction of sp³-hybridized carbons (Fsp3) is 0.714. The quantitative estimate of drug-likeness (QED) is 0.801. The molecule has 1 aliphatic carbocycles. The van der Waals surface area contributed by atoms with Gasteiger partial charge in [-0.2, -0.15) is 4.31 Å². The van der Waals surface area contributed by atoms with Crippen LogP contribution in [0.15, 0.2) is 16.3 Å². The molecule has 114 valence electrons. The van der Waals surface area contributed by atoms with Crippen LogP contribution < -0.4 is 5.32 Å². The molecule has 6 heteroatoms. The van der Waals surface area contributed by atoms with Crippen LogP contribution in [0.25, 0.3) is 0 Å². The monoisotopic (exact) mass is 316 g/mol. The molecular weight excluding hydrogens is 292 g/mol. The van der Waals surface area contributed by atoms with E-state index in [1.54, 1.807) is 10.4 Å². The van der Waals surface area contributed by atoms with E-state index in [0.29, 0.717) is 16.7 Å². The molecule has 4 nitrogen and oxygen atoms in total. The predicted octanol–water partition coefficient (Wildman–Crippen LogP) is 2.32. The maximum absolute atomic E-state index is 12.8. The third kappa shape index (κ3) is 3.81. The Kier molecular flexibility index (Phi) is 5.23. The lowest BCUT2D eigenvalue weighted by molar-refractivity contribution is 0.361. The van der Waals surface area contributed by atoms with Crippen LogP contribution in [0.3, 0.4) is 0 Å². The summed E-state index contributed by atoms with van der Waals surface area (Å²) in [6, 6.07) is 3.93. The van der Waals surface area contributed by atoms with Crippen LogP contribution in [0.2, 0.25) is 0 Å². The highest BCUT2D eigenvalue weighted by molar-refractivity contribution is 7.91. The van der Waals surface area contributed by atoms with Gasteiger partial charge in [0.05, 0.1) is 0 Å². The molecule has 0 aliphatic heterocycles. The van der Waals surface area contributed by atoms with Gasteiger partial charge in [0.2, 0.25) is 0 Å². The van der Waals surface area contributed by atoms with E-state index in [1.165, 1.54) is 11.3 Å². The Morgan fingerprint density at radius 3 is 2.65 bits per heavy atom. The third-order valence-corrected chi connectivity index (χ3v) is 6.85. The Morgan fingerprint density at radius 1 is 1.40 bits per heavy atom. The number of rotatable bonds is 8. The van der Waals surface area contributed by atoms with Crippen LogP contribution in [-0.2, 0) is 16.4 Å². The fourth-order valence-electron chi connectivity index (χ4n) is 2.16. The van der Waals surface area contributed by atoms with Crippen LogP contribution in [0.5, 0.6) is 0 Å². The van der Waals surface area contributed by atoms with E-state index in [2.05, 4.69) is 19.2 Å². The number of hydrogen-bond donors (Lipinski definition) is 1. The van der Waals surface area contributed by atoms with Gasteiger partial charge in [-0.1, -0.05) is 13.8 Å². The third-order valence-electron chi connectivity index (χ3n) is 3.32. The van der Waals surface area contributed by atoms with Crippen molar-refractivity contribution in [3.8, 4) is 0 Å². The number of sulfonamides is 1. The van der Waals surface area contributed by atoms with Crippen LogP contribution in [0.4, 0.5) is 0 Å². The van der Waals surface area contributed by atoms with Crippen molar-refractivity contribution in [1.29, 1.82) is 0 Å². The summed E-state index contributed by atoms with van der Waals surface area (Å²) in [5.74, 6) is 0.356. The summed E-state index contributed by atoms with van der Waals surface area (Å²) in [5, 5.41) is 3.09. The minimum atomic E-state index is -3.31. The van der Waals surface area contributed by atoms with Crippen LogP contribution in [0.1, 0.15) is 31.6 Å². The van der Waals surface area contributed by atoms with Gasteiger partial charge in [-0.3, -0.25) is 0 Å². The molecule has 1 fully saturated rings. The Balaban J connectivity index is 2.17. The smallest absolute Gasteiger partial charge is 0.252 e. The minimum absolute atomic E-state index is 0.227. The van der Waals surface area contributed by atoms with Gasteiger partial charge in [0, 0.05) is 17.5 Å². The van der Waals surface area contributed by atoms with Crippen LogP contribution >= 0.6 is 11.3 Å². The summed E-state index contributed by atoms with van der Waals surface area (Å²) >= 11 is 1.41. The second-order valence-electron chi connectivity index (χ2n) is 5.77. The first-order chi connectivity index (χ1) is 9.45. The largest absolute Gasteiger partial charge is 0.319 e. The highest BCUT2D eigenvalue weighted by Gasteiger charge is 2.38. The molecule has 20 heavy (non-hydrogen) atoms. The predicted molar refractivity (Wildman–Crippen MR) is 83.7 cm³/mol. The molecule has 2 rings (SSSR count). The Labute approximate surface area is 126 Å². The van der Waals surface area contributed by atoms with Crippen molar-refractivity contribution in [3.63, 3.8) is 0 Å². The number of likely N-dealkylation sites (N-methyl/N-ethyl adjacent to an activating group) is 1. The Hall–Kier alpha value is -0.430. The van der Waals surface area contributed by atoms with Crippen molar-refractivity contribution in [2.75, 3.05) is 20.1 Å². The molecular formula is C14H24N2O2S2. The van der Waals surface area contributed by atoms with Crippen molar-refractivity contribution >= 4 is 21.4 Å². The van der Waals surface area contributed by atoms with E-state index in [4.69, 9.17) is 0 Å². The molecule has 0 aromatic carbocycles. The van der Waals surface area contributed by atoms with E-state index in [9.17, 15) is 8.42 Å². The van der Waals surface area contributed by atoms with Gasteiger partial charge in [-0.25, -0.2) is 8.42 Å². The van der Waals surface area contributed by atoms with Crippen molar-refractivity contribution in [1.82, 2.24) is 9.62 Å². The summed E-state index contributed by atoms with van der Waals surface area (Å²) in [5.41, 5.74) is 0. The molecule has 0 spiro atoms. The topological polar surface area (TPSA) is 49.4 Å². The lowest BCUT2D eigenvalue weighted by atomic mass is 10.2. The summed E-state index contributed by atoms with van der Waals surface area (Å²) in [7, 11) is -1.40. The molecule has 0 radical (unpaired) electrons. The second-order valence-corrected chi connectivity index (χ2v) is 9.06. The zero-order valence-corrected chi connectivity index (χ0v) is 14.1. The van der Waals surface area contributed by atoms with E-state index in [-0.39, 0.29) is 6.04 Å². The maximum Gasteiger partial charge on any atom is 0.252 e. The molecule has 1 saturated carbocycles. The van der Waals surface area contributed by atoms with Gasteiger partial charge in [0.1, 0.15) is 4.21 Å². The van der Waals surface area contributed by atoms with E-state index < -0.39 is 10.0 Å². The Morgan fingerprint density at radius 2 is 2.10 bits per heavy atom. The zero-order valence-electron chi connectivity index (χ0n) is 12.4. The number of hydrogen-bond acceptors (Lipinski definition) is 4. The molecule has 0 amide bonds. The first-order valence-electron chi connectivity index (χ1n) is 7.20. The van der Waals surface area contributed by atoms with Crippen molar-refractivity contribution in [2.24, 2.45) is 5.92 Å². The molecule has 1 heterocycles. The highest BCUT2D eigenvalue weighted by atomic mass is 32.2. The van der Waals surface area contributed by atoms with Crippen molar-refractivity contribution < 1.29 is 8.42 Å². The van der Waals surface area contributed by atoms with Gasteiger partial charge < -0.3 is 5.32 Å². The summed E-state index contributed by atoms with van der Waals surface area (Å²) < 4.78 is 27.7. The lowest BCUT2D eigenvalue weighted by Gasteiger charge is -2.22. The maximum atomic E-state index is 12.8. The molecule has 1 aromatic rings. The SMILES string of the molecule is CNCCc1ccc(S(=O)(=O)N(CC(C)C)C2CC2)s1. The van der Waals surface area contributed by atoms with Gasteiger partial charge in [-0.15, -0.1) is 11.3 Å². The average Bonchev–Trinajstić information content (AvgIpc) is 3.10. The van der Waals surface area contributed by atoms with Gasteiger partial charge >= 0.3 is 0 Å². The number of nitrogens with one attached hydrogen (secondary N) is 1. The van der Waals surface area contributed by atoms with E-state index in [1.807, 2.05) is 13.1 Å². The van der Waals surface area contributed by atoms with Gasteiger partial charge in [-0.05, 0) is 50.9 Å². The molecule has 1 aliphatic rings. The lowest BCUT2D eigenvalue weighted by Crippen LogP contribution is -2.35.